The lowest BCUT2D eigenvalue weighted by Crippen LogP contribution is -2.41. The first-order valence-corrected chi connectivity index (χ1v) is 7.31. The van der Waals surface area contributed by atoms with Crippen molar-refractivity contribution in [2.75, 3.05) is 39.4 Å². The summed E-state index contributed by atoms with van der Waals surface area (Å²) in [4.78, 5) is 21.0. The van der Waals surface area contributed by atoms with Gasteiger partial charge in [-0.2, -0.15) is 0 Å². The number of ether oxygens (including phenoxy) is 1. The highest BCUT2D eigenvalue weighted by Crippen LogP contribution is 2.17. The Morgan fingerprint density at radius 1 is 1.35 bits per heavy atom. The zero-order chi connectivity index (χ0) is 13.9. The number of hydrogen-bond acceptors (Lipinski definition) is 4. The van der Waals surface area contributed by atoms with Gasteiger partial charge in [-0.3, -0.25) is 9.69 Å². The van der Waals surface area contributed by atoms with E-state index in [4.69, 9.17) is 4.74 Å². The molecule has 2 aliphatic rings. The van der Waals surface area contributed by atoms with Crippen molar-refractivity contribution in [1.82, 2.24) is 19.4 Å². The number of aromatic nitrogens is 2. The van der Waals surface area contributed by atoms with Gasteiger partial charge >= 0.3 is 0 Å². The van der Waals surface area contributed by atoms with Crippen molar-refractivity contribution >= 4 is 5.91 Å². The second-order valence-electron chi connectivity index (χ2n) is 5.52. The van der Waals surface area contributed by atoms with Gasteiger partial charge in [0.2, 0.25) is 5.91 Å². The summed E-state index contributed by atoms with van der Waals surface area (Å²) in [6, 6.07) is 0. The summed E-state index contributed by atoms with van der Waals surface area (Å²) in [7, 11) is 1.99. The van der Waals surface area contributed by atoms with E-state index in [9.17, 15) is 4.79 Å². The fourth-order valence-corrected chi connectivity index (χ4v) is 2.87. The molecule has 0 radical (unpaired) electrons. The fourth-order valence-electron chi connectivity index (χ4n) is 2.87. The van der Waals surface area contributed by atoms with Crippen LogP contribution in [0, 0.1) is 0 Å². The Morgan fingerprint density at radius 2 is 2.15 bits per heavy atom. The topological polar surface area (TPSA) is 50.6 Å². The van der Waals surface area contributed by atoms with Crippen LogP contribution in [0.2, 0.25) is 0 Å². The van der Waals surface area contributed by atoms with E-state index < -0.39 is 0 Å². The number of hydrogen-bond donors (Lipinski definition) is 0. The third kappa shape index (κ3) is 2.86. The number of amides is 1. The molecule has 6 heteroatoms. The van der Waals surface area contributed by atoms with E-state index in [0.717, 1.165) is 51.5 Å². The summed E-state index contributed by atoms with van der Waals surface area (Å²) >= 11 is 0. The average Bonchev–Trinajstić information content (AvgIpc) is 2.87. The van der Waals surface area contributed by atoms with Crippen LogP contribution in [0.4, 0.5) is 0 Å². The maximum atomic E-state index is 12.3. The van der Waals surface area contributed by atoms with Crippen LogP contribution >= 0.6 is 0 Å². The molecule has 3 rings (SSSR count). The SMILES string of the molecule is Cn1cnc2c1CN(C(=O)CCN1CCOCC1)CC2. The number of fused-ring (bicyclic) bond motifs is 1. The van der Waals surface area contributed by atoms with Crippen molar-refractivity contribution in [3.05, 3.63) is 17.7 Å². The molecule has 0 atom stereocenters. The summed E-state index contributed by atoms with van der Waals surface area (Å²) in [5, 5.41) is 0. The van der Waals surface area contributed by atoms with Crippen LogP contribution in [0.3, 0.4) is 0 Å². The van der Waals surface area contributed by atoms with Gasteiger partial charge in [0.1, 0.15) is 0 Å². The average molecular weight is 278 g/mol. The maximum absolute atomic E-state index is 12.3. The summed E-state index contributed by atoms with van der Waals surface area (Å²) in [5.41, 5.74) is 2.32. The molecule has 110 valence electrons. The highest BCUT2D eigenvalue weighted by molar-refractivity contribution is 5.76. The minimum absolute atomic E-state index is 0.253. The molecule has 0 unspecified atom stereocenters. The summed E-state index contributed by atoms with van der Waals surface area (Å²) in [6.45, 7) is 5.81. The lowest BCUT2D eigenvalue weighted by atomic mass is 10.1. The first-order chi connectivity index (χ1) is 9.74. The number of carbonyl (C=O) groups is 1. The second kappa shape index (κ2) is 5.93. The van der Waals surface area contributed by atoms with Crippen molar-refractivity contribution in [2.45, 2.75) is 19.4 Å². The highest BCUT2D eigenvalue weighted by Gasteiger charge is 2.24. The fraction of sp³-hybridized carbons (Fsp3) is 0.714. The number of carbonyl (C=O) groups excluding carboxylic acids is 1. The van der Waals surface area contributed by atoms with Crippen molar-refractivity contribution in [1.29, 1.82) is 0 Å². The standard InChI is InChI=1S/C14H22N4O2/c1-16-11-15-12-2-5-18(10-13(12)16)14(19)3-4-17-6-8-20-9-7-17/h11H,2-10H2,1H3. The molecule has 2 aliphatic heterocycles. The van der Waals surface area contributed by atoms with Crippen LogP contribution in [0.5, 0.6) is 0 Å². The first kappa shape index (κ1) is 13.6. The van der Waals surface area contributed by atoms with Crippen LogP contribution in [0.15, 0.2) is 6.33 Å². The molecule has 0 bridgehead atoms. The van der Waals surface area contributed by atoms with Gasteiger partial charge in [0.25, 0.3) is 0 Å². The van der Waals surface area contributed by atoms with Crippen LogP contribution in [0.25, 0.3) is 0 Å². The predicted molar refractivity (Wildman–Crippen MR) is 74.2 cm³/mol. The van der Waals surface area contributed by atoms with E-state index in [1.54, 1.807) is 0 Å². The molecule has 1 fully saturated rings. The van der Waals surface area contributed by atoms with E-state index in [1.165, 1.54) is 5.69 Å². The molecule has 20 heavy (non-hydrogen) atoms. The number of morpholine rings is 1. The quantitative estimate of drug-likeness (QED) is 0.782. The summed E-state index contributed by atoms with van der Waals surface area (Å²) in [5.74, 6) is 0.253. The number of aryl methyl sites for hydroxylation is 1. The Labute approximate surface area is 119 Å². The van der Waals surface area contributed by atoms with Crippen LogP contribution < -0.4 is 0 Å². The molecule has 0 aliphatic carbocycles. The molecule has 0 N–H and O–H groups in total. The minimum Gasteiger partial charge on any atom is -0.379 e. The molecule has 6 nitrogen and oxygen atoms in total. The Kier molecular flexibility index (Phi) is 4.03. The third-order valence-electron chi connectivity index (χ3n) is 4.20. The number of rotatable bonds is 3. The van der Waals surface area contributed by atoms with Gasteiger partial charge in [0.05, 0.1) is 37.5 Å². The van der Waals surface area contributed by atoms with Gasteiger partial charge in [-0.1, -0.05) is 0 Å². The lowest BCUT2D eigenvalue weighted by molar-refractivity contribution is -0.132. The second-order valence-corrected chi connectivity index (χ2v) is 5.52. The molecular weight excluding hydrogens is 256 g/mol. The van der Waals surface area contributed by atoms with E-state index in [-0.39, 0.29) is 5.91 Å². The van der Waals surface area contributed by atoms with Crippen LogP contribution in [-0.2, 0) is 29.5 Å². The molecule has 3 heterocycles. The van der Waals surface area contributed by atoms with Crippen molar-refractivity contribution in [3.63, 3.8) is 0 Å². The minimum atomic E-state index is 0.253. The Bertz CT molecular complexity index is 480. The number of nitrogens with zero attached hydrogens (tertiary/aromatic N) is 4. The van der Waals surface area contributed by atoms with Crippen molar-refractivity contribution in [3.8, 4) is 0 Å². The van der Waals surface area contributed by atoms with Crippen LogP contribution in [0.1, 0.15) is 17.8 Å². The maximum Gasteiger partial charge on any atom is 0.224 e. The van der Waals surface area contributed by atoms with Gasteiger partial charge < -0.3 is 14.2 Å². The van der Waals surface area contributed by atoms with Crippen molar-refractivity contribution in [2.24, 2.45) is 7.05 Å². The molecule has 1 saturated heterocycles. The largest absolute Gasteiger partial charge is 0.379 e. The van der Waals surface area contributed by atoms with Gasteiger partial charge in [-0.25, -0.2) is 4.98 Å². The van der Waals surface area contributed by atoms with Gasteiger partial charge in [0, 0.05) is 46.1 Å². The number of imidazole rings is 1. The Balaban J connectivity index is 1.52. The van der Waals surface area contributed by atoms with E-state index in [2.05, 4.69) is 9.88 Å². The molecule has 1 aromatic rings. The zero-order valence-electron chi connectivity index (χ0n) is 12.0. The van der Waals surface area contributed by atoms with Crippen molar-refractivity contribution < 1.29 is 9.53 Å². The normalized spacial score (nSPS) is 19.9. The van der Waals surface area contributed by atoms with E-state index >= 15 is 0 Å². The smallest absolute Gasteiger partial charge is 0.224 e. The molecule has 0 saturated carbocycles. The Morgan fingerprint density at radius 3 is 2.95 bits per heavy atom. The first-order valence-electron chi connectivity index (χ1n) is 7.31. The third-order valence-corrected chi connectivity index (χ3v) is 4.20. The van der Waals surface area contributed by atoms with Gasteiger partial charge in [-0.15, -0.1) is 0 Å². The monoisotopic (exact) mass is 278 g/mol. The van der Waals surface area contributed by atoms with E-state index in [0.29, 0.717) is 13.0 Å². The van der Waals surface area contributed by atoms with Gasteiger partial charge in [0.15, 0.2) is 0 Å². The highest BCUT2D eigenvalue weighted by atomic mass is 16.5. The molecule has 0 spiro atoms. The summed E-state index contributed by atoms with van der Waals surface area (Å²) < 4.78 is 7.34. The molecule has 1 aromatic heterocycles. The van der Waals surface area contributed by atoms with Gasteiger partial charge in [-0.05, 0) is 0 Å². The molecule has 1 amide bonds. The zero-order valence-corrected chi connectivity index (χ0v) is 12.0. The van der Waals surface area contributed by atoms with E-state index in [1.807, 2.05) is 22.8 Å². The predicted octanol–water partition coefficient (Wildman–Crippen LogP) is 0.0271. The summed E-state index contributed by atoms with van der Waals surface area (Å²) in [6.07, 6.45) is 3.32. The lowest BCUT2D eigenvalue weighted by Gasteiger charge is -2.30. The Hall–Kier alpha value is -1.40. The molecular formula is C14H22N4O2. The van der Waals surface area contributed by atoms with Crippen LogP contribution in [-0.4, -0.2) is 64.7 Å². The molecule has 0 aromatic carbocycles.